The fraction of sp³-hybridized carbons (Fsp3) is 0.250. The van der Waals surface area contributed by atoms with Crippen LogP contribution in [0.4, 0.5) is 27.6 Å². The van der Waals surface area contributed by atoms with Crippen LogP contribution in [-0.2, 0) is 6.18 Å². The van der Waals surface area contributed by atoms with Gasteiger partial charge in [-0.25, -0.2) is 18.6 Å². The highest BCUT2D eigenvalue weighted by Gasteiger charge is 2.37. The number of aromatic carboxylic acids is 1. The first-order valence-corrected chi connectivity index (χ1v) is 4.03. The Morgan fingerprint density at radius 3 is 2.29 bits per heavy atom. The van der Waals surface area contributed by atoms with E-state index in [1.165, 1.54) is 0 Å². The monoisotopic (exact) mass is 256 g/mol. The lowest BCUT2D eigenvalue weighted by Crippen LogP contribution is -2.16. The lowest BCUT2D eigenvalue weighted by Gasteiger charge is -2.14. The maximum Gasteiger partial charge on any atom is 0.419 e. The van der Waals surface area contributed by atoms with Crippen molar-refractivity contribution in [3.63, 3.8) is 0 Å². The standard InChI is InChI=1S/C8H5F5N2O2/c9-6(10)3-4(14)2(8(11,12)13)1-15-5(3)7(16)17/h1,6H,(H2,14,15)(H,16,17). The number of aromatic nitrogens is 1. The summed E-state index contributed by atoms with van der Waals surface area (Å²) < 4.78 is 61.9. The third-order valence-electron chi connectivity index (χ3n) is 1.88. The van der Waals surface area contributed by atoms with Gasteiger partial charge in [0.05, 0.1) is 16.8 Å². The molecule has 1 heterocycles. The van der Waals surface area contributed by atoms with Gasteiger partial charge in [0.15, 0.2) is 5.69 Å². The quantitative estimate of drug-likeness (QED) is 0.796. The molecule has 0 aliphatic carbocycles. The predicted molar refractivity (Wildman–Crippen MR) is 45.6 cm³/mol. The summed E-state index contributed by atoms with van der Waals surface area (Å²) in [7, 11) is 0. The van der Waals surface area contributed by atoms with Gasteiger partial charge in [-0.3, -0.25) is 0 Å². The van der Waals surface area contributed by atoms with Gasteiger partial charge in [-0.1, -0.05) is 0 Å². The molecule has 0 spiro atoms. The number of nitrogens with two attached hydrogens (primary N) is 1. The van der Waals surface area contributed by atoms with Crippen molar-refractivity contribution in [2.75, 3.05) is 5.73 Å². The van der Waals surface area contributed by atoms with Crippen LogP contribution in [0.3, 0.4) is 0 Å². The van der Waals surface area contributed by atoms with E-state index in [1.807, 2.05) is 0 Å². The Hall–Kier alpha value is -1.93. The molecule has 0 bridgehead atoms. The number of anilines is 1. The molecule has 9 heteroatoms. The number of halogens is 5. The summed E-state index contributed by atoms with van der Waals surface area (Å²) in [5, 5.41) is 8.50. The molecule has 1 aromatic heterocycles. The average Bonchev–Trinajstić information content (AvgIpc) is 2.13. The van der Waals surface area contributed by atoms with Crippen LogP contribution >= 0.6 is 0 Å². The summed E-state index contributed by atoms with van der Waals surface area (Å²) in [5.74, 6) is -1.87. The molecular weight excluding hydrogens is 251 g/mol. The first-order valence-electron chi connectivity index (χ1n) is 4.03. The van der Waals surface area contributed by atoms with Gasteiger partial charge in [-0.2, -0.15) is 13.2 Å². The molecule has 0 fully saturated rings. The second kappa shape index (κ2) is 4.15. The molecular formula is C8H5F5N2O2. The Balaban J connectivity index is 3.55. The van der Waals surface area contributed by atoms with Gasteiger partial charge >= 0.3 is 12.1 Å². The van der Waals surface area contributed by atoms with Gasteiger partial charge in [0, 0.05) is 6.20 Å². The Morgan fingerprint density at radius 2 is 1.94 bits per heavy atom. The van der Waals surface area contributed by atoms with Crippen molar-refractivity contribution in [3.05, 3.63) is 23.0 Å². The number of alkyl halides is 5. The van der Waals surface area contributed by atoms with E-state index < -0.39 is 41.1 Å². The van der Waals surface area contributed by atoms with E-state index in [1.54, 1.807) is 0 Å². The smallest absolute Gasteiger partial charge is 0.419 e. The summed E-state index contributed by atoms with van der Waals surface area (Å²) in [5.41, 5.74) is -0.612. The summed E-state index contributed by atoms with van der Waals surface area (Å²) in [4.78, 5) is 13.4. The zero-order valence-electron chi connectivity index (χ0n) is 7.92. The first kappa shape index (κ1) is 13.1. The molecule has 0 saturated heterocycles. The fourth-order valence-electron chi connectivity index (χ4n) is 1.16. The van der Waals surface area contributed by atoms with E-state index in [-0.39, 0.29) is 6.20 Å². The fourth-order valence-corrected chi connectivity index (χ4v) is 1.16. The molecule has 0 aliphatic rings. The molecule has 94 valence electrons. The molecule has 0 amide bonds. The summed E-state index contributed by atoms with van der Waals surface area (Å²) in [6.45, 7) is 0. The largest absolute Gasteiger partial charge is 0.476 e. The number of carbonyl (C=O) groups is 1. The lowest BCUT2D eigenvalue weighted by atomic mass is 10.1. The van der Waals surface area contributed by atoms with Crippen molar-refractivity contribution in [2.45, 2.75) is 12.6 Å². The van der Waals surface area contributed by atoms with E-state index in [2.05, 4.69) is 4.98 Å². The Morgan fingerprint density at radius 1 is 1.41 bits per heavy atom. The van der Waals surface area contributed by atoms with E-state index in [0.29, 0.717) is 0 Å². The topological polar surface area (TPSA) is 76.2 Å². The Kier molecular flexibility index (Phi) is 3.21. The molecule has 0 aliphatic heterocycles. The van der Waals surface area contributed by atoms with Crippen molar-refractivity contribution >= 4 is 11.7 Å². The maximum atomic E-state index is 12.5. The van der Waals surface area contributed by atoms with Crippen LogP contribution in [0, 0.1) is 0 Å². The number of nitrogen functional groups attached to an aromatic ring is 1. The zero-order valence-corrected chi connectivity index (χ0v) is 7.92. The van der Waals surface area contributed by atoms with Crippen molar-refractivity contribution in [2.24, 2.45) is 0 Å². The minimum Gasteiger partial charge on any atom is -0.476 e. The normalized spacial score (nSPS) is 11.9. The van der Waals surface area contributed by atoms with E-state index in [4.69, 9.17) is 10.8 Å². The highest BCUT2D eigenvalue weighted by molar-refractivity contribution is 5.89. The molecule has 1 aromatic rings. The molecule has 0 radical (unpaired) electrons. The molecule has 0 saturated carbocycles. The van der Waals surface area contributed by atoms with Gasteiger partial charge in [0.1, 0.15) is 0 Å². The Bertz CT molecular complexity index is 458. The number of carboxylic acid groups (broad SMARTS) is 1. The summed E-state index contributed by atoms with van der Waals surface area (Å²) in [6.07, 6.45) is -8.32. The third-order valence-corrected chi connectivity index (χ3v) is 1.88. The number of rotatable bonds is 2. The SMILES string of the molecule is Nc1c(C(F)(F)F)cnc(C(=O)O)c1C(F)F. The van der Waals surface area contributed by atoms with E-state index in [0.717, 1.165) is 0 Å². The van der Waals surface area contributed by atoms with E-state index in [9.17, 15) is 26.7 Å². The average molecular weight is 256 g/mol. The highest BCUT2D eigenvalue weighted by atomic mass is 19.4. The minimum absolute atomic E-state index is 0.116. The van der Waals surface area contributed by atoms with Crippen LogP contribution in [0.5, 0.6) is 0 Å². The molecule has 4 nitrogen and oxygen atoms in total. The van der Waals surface area contributed by atoms with Crippen LogP contribution in [0.15, 0.2) is 6.20 Å². The Labute approximate surface area is 90.9 Å². The van der Waals surface area contributed by atoms with Gasteiger partial charge < -0.3 is 10.8 Å². The number of pyridine rings is 1. The predicted octanol–water partition coefficient (Wildman–Crippen LogP) is 2.32. The van der Waals surface area contributed by atoms with Crippen molar-refractivity contribution < 1.29 is 31.9 Å². The number of carboxylic acids is 1. The van der Waals surface area contributed by atoms with Crippen LogP contribution < -0.4 is 5.73 Å². The van der Waals surface area contributed by atoms with Crippen LogP contribution in [-0.4, -0.2) is 16.1 Å². The minimum atomic E-state index is -4.97. The molecule has 0 aromatic carbocycles. The number of hydrogen-bond acceptors (Lipinski definition) is 3. The first-order chi connectivity index (χ1) is 7.66. The third kappa shape index (κ3) is 2.43. The van der Waals surface area contributed by atoms with Crippen LogP contribution in [0.1, 0.15) is 28.0 Å². The maximum absolute atomic E-state index is 12.5. The number of hydrogen-bond donors (Lipinski definition) is 2. The van der Waals surface area contributed by atoms with Crippen molar-refractivity contribution in [1.82, 2.24) is 4.98 Å². The van der Waals surface area contributed by atoms with Gasteiger partial charge in [-0.05, 0) is 0 Å². The van der Waals surface area contributed by atoms with Crippen molar-refractivity contribution in [1.29, 1.82) is 0 Å². The molecule has 3 N–H and O–H groups in total. The van der Waals surface area contributed by atoms with Gasteiger partial charge in [0.2, 0.25) is 0 Å². The highest BCUT2D eigenvalue weighted by Crippen LogP contribution is 2.38. The molecule has 1 rings (SSSR count). The molecule has 0 unspecified atom stereocenters. The molecule has 17 heavy (non-hydrogen) atoms. The van der Waals surface area contributed by atoms with E-state index >= 15 is 0 Å². The lowest BCUT2D eigenvalue weighted by molar-refractivity contribution is -0.137. The number of nitrogens with zero attached hydrogens (tertiary/aromatic N) is 1. The summed E-state index contributed by atoms with van der Waals surface area (Å²) >= 11 is 0. The van der Waals surface area contributed by atoms with Crippen LogP contribution in [0.2, 0.25) is 0 Å². The summed E-state index contributed by atoms with van der Waals surface area (Å²) in [6, 6.07) is 0. The zero-order chi connectivity index (χ0) is 13.4. The van der Waals surface area contributed by atoms with Crippen LogP contribution in [0.25, 0.3) is 0 Å². The van der Waals surface area contributed by atoms with Gasteiger partial charge in [0.25, 0.3) is 6.43 Å². The van der Waals surface area contributed by atoms with Gasteiger partial charge in [-0.15, -0.1) is 0 Å². The molecule has 0 atom stereocenters. The van der Waals surface area contributed by atoms with Crippen molar-refractivity contribution in [3.8, 4) is 0 Å². The second-order valence-electron chi connectivity index (χ2n) is 2.95. The second-order valence-corrected chi connectivity index (χ2v) is 2.95.